The summed E-state index contributed by atoms with van der Waals surface area (Å²) in [4.78, 5) is 20.2. The maximum absolute atomic E-state index is 5.92. The maximum Gasteiger partial charge on any atom is 0.164 e. The highest BCUT2D eigenvalue weighted by Crippen LogP contribution is 2.47. The number of nitrogens with one attached hydrogen (secondary N) is 1. The Morgan fingerprint density at radius 2 is 1.34 bits per heavy atom. The van der Waals surface area contributed by atoms with Crippen molar-refractivity contribution in [1.82, 2.24) is 15.0 Å². The molecule has 5 aromatic carbocycles. The number of hydrogen-bond donors (Lipinski definition) is 1. The summed E-state index contributed by atoms with van der Waals surface area (Å²) in [5.74, 6) is 1.84. The molecule has 6 nitrogen and oxygen atoms in total. The van der Waals surface area contributed by atoms with Crippen molar-refractivity contribution in [2.75, 3.05) is 5.32 Å². The van der Waals surface area contributed by atoms with E-state index in [4.69, 9.17) is 24.4 Å². The fourth-order valence-electron chi connectivity index (χ4n) is 6.81. The van der Waals surface area contributed by atoms with Gasteiger partial charge in [-0.1, -0.05) is 140 Å². The van der Waals surface area contributed by atoms with Crippen LogP contribution < -0.4 is 5.32 Å². The number of anilines is 1. The number of allylic oxidation sites excluding steroid dienone is 2. The smallest absolute Gasteiger partial charge is 0.164 e. The Morgan fingerprint density at radius 1 is 0.680 bits per heavy atom. The van der Waals surface area contributed by atoms with E-state index in [9.17, 15) is 0 Å². The van der Waals surface area contributed by atoms with Crippen molar-refractivity contribution in [2.45, 2.75) is 6.04 Å². The van der Waals surface area contributed by atoms with Crippen LogP contribution in [0.2, 0.25) is 0 Å². The highest BCUT2D eigenvalue weighted by atomic mass is 16.3. The van der Waals surface area contributed by atoms with E-state index in [1.54, 1.807) is 0 Å². The summed E-state index contributed by atoms with van der Waals surface area (Å²) in [5.41, 5.74) is 9.94. The average molecular weight is 646 g/mol. The van der Waals surface area contributed by atoms with Crippen molar-refractivity contribution in [1.29, 1.82) is 0 Å². The van der Waals surface area contributed by atoms with Crippen molar-refractivity contribution in [2.24, 2.45) is 10.9 Å². The Hall–Kier alpha value is -6.66. The van der Waals surface area contributed by atoms with Gasteiger partial charge in [0.2, 0.25) is 0 Å². The Balaban J connectivity index is 1.15. The van der Waals surface area contributed by atoms with Gasteiger partial charge in [0, 0.05) is 51.0 Å². The average Bonchev–Trinajstić information content (AvgIpc) is 3.79. The second-order valence-corrected chi connectivity index (χ2v) is 12.3. The molecule has 2 atom stereocenters. The Morgan fingerprint density at radius 3 is 2.08 bits per heavy atom. The number of nitrogens with zero attached hydrogens (tertiary/aromatic N) is 4. The van der Waals surface area contributed by atoms with Crippen LogP contribution in [0.15, 0.2) is 173 Å². The molecule has 0 amide bonds. The fraction of sp³-hybridized carbons (Fsp3) is 0.0455. The lowest BCUT2D eigenvalue weighted by Crippen LogP contribution is -2.27. The third-order valence-electron chi connectivity index (χ3n) is 9.21. The molecule has 0 fully saturated rings. The van der Waals surface area contributed by atoms with Crippen molar-refractivity contribution < 1.29 is 4.42 Å². The predicted molar refractivity (Wildman–Crippen MR) is 202 cm³/mol. The van der Waals surface area contributed by atoms with Crippen molar-refractivity contribution in [3.63, 3.8) is 0 Å². The molecular formula is C44H31N5O. The Bertz CT molecular complexity index is 2400. The van der Waals surface area contributed by atoms with Crippen LogP contribution in [0.1, 0.15) is 16.7 Å². The van der Waals surface area contributed by atoms with Crippen LogP contribution in [0, 0.1) is 5.92 Å². The molecule has 0 bridgehead atoms. The molecule has 0 saturated heterocycles. The minimum atomic E-state index is -0.0676. The first kappa shape index (κ1) is 29.5. The molecule has 238 valence electrons. The maximum atomic E-state index is 5.92. The summed E-state index contributed by atoms with van der Waals surface area (Å²) in [6, 6.07) is 44.7. The number of aromatic nitrogens is 3. The van der Waals surface area contributed by atoms with Gasteiger partial charge in [-0.05, 0) is 29.3 Å². The van der Waals surface area contributed by atoms with Gasteiger partial charge in [-0.3, -0.25) is 4.99 Å². The molecule has 50 heavy (non-hydrogen) atoms. The summed E-state index contributed by atoms with van der Waals surface area (Å²) in [7, 11) is 0. The summed E-state index contributed by atoms with van der Waals surface area (Å²) in [6.07, 6.45) is 12.5. The van der Waals surface area contributed by atoms with E-state index in [2.05, 4.69) is 66.0 Å². The van der Waals surface area contributed by atoms with Gasteiger partial charge in [0.05, 0.1) is 18.0 Å². The van der Waals surface area contributed by atoms with E-state index in [-0.39, 0.29) is 12.0 Å². The summed E-state index contributed by atoms with van der Waals surface area (Å²) >= 11 is 0. The molecule has 1 N–H and O–H groups in total. The standard InChI is InChI=1S/C44H31N5O/c1-4-14-29(15-5-1)27-45-38(26-32-28-50-39-25-11-10-20-33(32)39)34-21-12-22-35-40-36(23-13-24-37(40)46-41(34)35)44-48-42(30-16-6-2-7-17-30)47-43(49-44)31-18-8-3-9-19-31/h1-28,34,41,46H. The van der Waals surface area contributed by atoms with Crippen molar-refractivity contribution in [3.05, 3.63) is 180 Å². The van der Waals surface area contributed by atoms with E-state index in [0.29, 0.717) is 17.5 Å². The van der Waals surface area contributed by atoms with Gasteiger partial charge >= 0.3 is 0 Å². The highest BCUT2D eigenvalue weighted by molar-refractivity contribution is 5.96. The minimum absolute atomic E-state index is 0.0579. The summed E-state index contributed by atoms with van der Waals surface area (Å²) in [6.45, 7) is 0. The lowest BCUT2D eigenvalue weighted by molar-refractivity contribution is 0.615. The van der Waals surface area contributed by atoms with E-state index >= 15 is 0 Å². The van der Waals surface area contributed by atoms with Crippen LogP contribution in [0.3, 0.4) is 0 Å². The molecule has 2 aliphatic rings. The van der Waals surface area contributed by atoms with Gasteiger partial charge in [0.1, 0.15) is 5.58 Å². The molecule has 7 aromatic rings. The Labute approximate surface area is 290 Å². The molecule has 3 heterocycles. The number of para-hydroxylation sites is 1. The molecular weight excluding hydrogens is 615 g/mol. The summed E-state index contributed by atoms with van der Waals surface area (Å²) < 4.78 is 5.92. The number of rotatable bonds is 7. The highest BCUT2D eigenvalue weighted by Gasteiger charge is 2.37. The molecule has 0 radical (unpaired) electrons. The third-order valence-corrected chi connectivity index (χ3v) is 9.21. The third kappa shape index (κ3) is 5.53. The molecule has 0 spiro atoms. The number of hydrogen-bond acceptors (Lipinski definition) is 6. The summed E-state index contributed by atoms with van der Waals surface area (Å²) in [5, 5.41) is 4.91. The number of furan rings is 1. The van der Waals surface area contributed by atoms with Gasteiger partial charge in [-0.15, -0.1) is 0 Å². The van der Waals surface area contributed by atoms with Crippen LogP contribution >= 0.6 is 0 Å². The normalized spacial score (nSPS) is 16.6. The van der Waals surface area contributed by atoms with Crippen LogP contribution in [-0.4, -0.2) is 27.2 Å². The van der Waals surface area contributed by atoms with Gasteiger partial charge < -0.3 is 9.73 Å². The first-order valence-corrected chi connectivity index (χ1v) is 16.7. The zero-order valence-corrected chi connectivity index (χ0v) is 27.0. The van der Waals surface area contributed by atoms with E-state index in [1.165, 1.54) is 5.57 Å². The number of fused-ring (bicyclic) bond motifs is 4. The molecule has 2 aromatic heterocycles. The molecule has 0 saturated carbocycles. The molecule has 9 rings (SSSR count). The van der Waals surface area contributed by atoms with Crippen molar-refractivity contribution in [3.8, 4) is 34.2 Å². The van der Waals surface area contributed by atoms with E-state index in [0.717, 1.165) is 55.7 Å². The van der Waals surface area contributed by atoms with Gasteiger partial charge in [-0.25, -0.2) is 15.0 Å². The van der Waals surface area contributed by atoms with Crippen LogP contribution in [0.5, 0.6) is 0 Å². The molecule has 2 unspecified atom stereocenters. The van der Waals surface area contributed by atoms with Gasteiger partial charge in [0.25, 0.3) is 0 Å². The zero-order valence-electron chi connectivity index (χ0n) is 27.0. The predicted octanol–water partition coefficient (Wildman–Crippen LogP) is 10.1. The number of benzene rings is 5. The minimum Gasteiger partial charge on any atom is -0.464 e. The van der Waals surface area contributed by atoms with E-state index < -0.39 is 0 Å². The Kier molecular flexibility index (Phi) is 7.52. The van der Waals surface area contributed by atoms with Crippen LogP contribution in [0.25, 0.3) is 56.8 Å². The molecule has 1 aliphatic heterocycles. The molecule has 6 heteroatoms. The quantitative estimate of drug-likeness (QED) is 0.175. The lowest BCUT2D eigenvalue weighted by atomic mass is 9.84. The lowest BCUT2D eigenvalue weighted by Gasteiger charge is -2.26. The zero-order chi connectivity index (χ0) is 33.3. The van der Waals surface area contributed by atoms with Gasteiger partial charge in [0.15, 0.2) is 17.5 Å². The van der Waals surface area contributed by atoms with Crippen molar-refractivity contribution >= 4 is 34.5 Å². The molecule has 1 aliphatic carbocycles. The van der Waals surface area contributed by atoms with Crippen LogP contribution in [-0.2, 0) is 0 Å². The second-order valence-electron chi connectivity index (χ2n) is 12.3. The fourth-order valence-corrected chi connectivity index (χ4v) is 6.81. The monoisotopic (exact) mass is 645 g/mol. The van der Waals surface area contributed by atoms with Crippen LogP contribution in [0.4, 0.5) is 5.69 Å². The second kappa shape index (κ2) is 12.7. The van der Waals surface area contributed by atoms with Gasteiger partial charge in [-0.2, -0.15) is 0 Å². The first-order chi connectivity index (χ1) is 24.8. The number of aliphatic imine (C=N–C) groups is 1. The largest absolute Gasteiger partial charge is 0.464 e. The topological polar surface area (TPSA) is 76.2 Å². The first-order valence-electron chi connectivity index (χ1n) is 16.7. The SMILES string of the molecule is C1=CC(C(=Cc2coc3ccccc23)N=Cc2ccccc2)C2Nc3cccc(-c4nc(-c5ccccc5)nc(-c5ccccc5)n4)c3C2=C1. The van der Waals surface area contributed by atoms with E-state index in [1.807, 2.05) is 110 Å².